The van der Waals surface area contributed by atoms with E-state index in [9.17, 15) is 9.90 Å². The van der Waals surface area contributed by atoms with Crippen molar-refractivity contribution in [3.8, 4) is 34.1 Å². The largest absolute Gasteiger partial charge is 0.508 e. The molecular formula is C30H27NO6. The molecule has 0 aliphatic heterocycles. The number of primary amides is 1. The summed E-state index contributed by atoms with van der Waals surface area (Å²) in [4.78, 5) is 11.8. The van der Waals surface area contributed by atoms with Crippen molar-refractivity contribution in [2.24, 2.45) is 5.73 Å². The molecule has 37 heavy (non-hydrogen) atoms. The second kappa shape index (κ2) is 10.1. The van der Waals surface area contributed by atoms with E-state index in [4.69, 9.17) is 24.7 Å². The van der Waals surface area contributed by atoms with Gasteiger partial charge in [0.15, 0.2) is 17.6 Å². The maximum Gasteiger partial charge on any atom is 0.405 e. The first-order chi connectivity index (χ1) is 18.0. The normalized spacial score (nSPS) is 12.8. The minimum absolute atomic E-state index is 0.0141. The van der Waals surface area contributed by atoms with Crippen LogP contribution in [-0.2, 0) is 4.74 Å². The van der Waals surface area contributed by atoms with Crippen molar-refractivity contribution in [2.45, 2.75) is 12.0 Å². The average molecular weight is 498 g/mol. The fourth-order valence-electron chi connectivity index (χ4n) is 4.96. The third kappa shape index (κ3) is 4.51. The van der Waals surface area contributed by atoms with Gasteiger partial charge in [-0.1, -0.05) is 60.7 Å². The Kier molecular flexibility index (Phi) is 6.60. The maximum atomic E-state index is 11.8. The molecule has 0 saturated carbocycles. The van der Waals surface area contributed by atoms with Crippen molar-refractivity contribution >= 4 is 6.09 Å². The number of nitrogens with two attached hydrogens (primary N) is 1. The number of fused-ring (bicyclic) bond motifs is 3. The smallest absolute Gasteiger partial charge is 0.405 e. The molecule has 0 radical (unpaired) electrons. The Morgan fingerprint density at radius 3 is 2.03 bits per heavy atom. The van der Waals surface area contributed by atoms with Crippen molar-refractivity contribution in [3.05, 3.63) is 107 Å². The van der Waals surface area contributed by atoms with Gasteiger partial charge in [0.2, 0.25) is 5.75 Å². The summed E-state index contributed by atoms with van der Waals surface area (Å²) in [6, 6.07) is 26.4. The highest BCUT2D eigenvalue weighted by molar-refractivity contribution is 5.78. The summed E-state index contributed by atoms with van der Waals surface area (Å²) in [5.41, 5.74) is 11.3. The lowest BCUT2D eigenvalue weighted by molar-refractivity contribution is 0.124. The van der Waals surface area contributed by atoms with E-state index >= 15 is 0 Å². The van der Waals surface area contributed by atoms with Crippen LogP contribution in [0.1, 0.15) is 34.3 Å². The number of ether oxygens (including phenoxy) is 4. The lowest BCUT2D eigenvalue weighted by Crippen LogP contribution is -2.19. The standard InChI is InChI=1S/C30H27NO6/c1-34-26-16-15-24(27(37-30(31)33)18-11-13-19(32)14-12-18)28(35-2)29(26)36-17-25-22-9-5-3-7-20(22)21-8-4-6-10-23(21)25/h3-16,25,27,32H,17H2,1-2H3,(H2,31,33). The van der Waals surface area contributed by atoms with Gasteiger partial charge in [-0.3, -0.25) is 0 Å². The number of benzene rings is 4. The van der Waals surface area contributed by atoms with Crippen LogP contribution in [0.25, 0.3) is 11.1 Å². The highest BCUT2D eigenvalue weighted by Gasteiger charge is 2.31. The molecule has 1 unspecified atom stereocenters. The fraction of sp³-hybridized carbons (Fsp3) is 0.167. The van der Waals surface area contributed by atoms with Crippen LogP contribution in [0.2, 0.25) is 0 Å². The van der Waals surface area contributed by atoms with Crippen LogP contribution in [0, 0.1) is 0 Å². The van der Waals surface area contributed by atoms with Gasteiger partial charge in [0.25, 0.3) is 0 Å². The summed E-state index contributed by atoms with van der Waals surface area (Å²) < 4.78 is 23.3. The molecule has 7 nitrogen and oxygen atoms in total. The first-order valence-corrected chi connectivity index (χ1v) is 11.8. The van der Waals surface area contributed by atoms with E-state index in [1.165, 1.54) is 41.5 Å². The summed E-state index contributed by atoms with van der Waals surface area (Å²) in [5.74, 6) is 1.33. The van der Waals surface area contributed by atoms with Crippen LogP contribution < -0.4 is 19.9 Å². The molecule has 1 aliphatic carbocycles. The van der Waals surface area contributed by atoms with E-state index in [0.29, 0.717) is 35.0 Å². The number of rotatable bonds is 8. The Hall–Kier alpha value is -4.65. The Morgan fingerprint density at radius 1 is 0.838 bits per heavy atom. The van der Waals surface area contributed by atoms with Gasteiger partial charge in [-0.05, 0) is 52.1 Å². The zero-order valence-electron chi connectivity index (χ0n) is 20.5. The van der Waals surface area contributed by atoms with Crippen molar-refractivity contribution in [1.82, 2.24) is 0 Å². The van der Waals surface area contributed by atoms with Gasteiger partial charge in [0.05, 0.1) is 20.8 Å². The topological polar surface area (TPSA) is 100 Å². The zero-order valence-corrected chi connectivity index (χ0v) is 20.5. The molecule has 0 fully saturated rings. The number of carbonyl (C=O) groups is 1. The molecule has 4 aromatic rings. The van der Waals surface area contributed by atoms with Crippen molar-refractivity contribution in [1.29, 1.82) is 0 Å². The van der Waals surface area contributed by atoms with E-state index < -0.39 is 12.2 Å². The van der Waals surface area contributed by atoms with Gasteiger partial charge in [0.1, 0.15) is 5.75 Å². The van der Waals surface area contributed by atoms with Gasteiger partial charge in [-0.25, -0.2) is 4.79 Å². The first kappa shape index (κ1) is 24.1. The van der Waals surface area contributed by atoms with Gasteiger partial charge in [0, 0.05) is 11.5 Å². The van der Waals surface area contributed by atoms with Crippen molar-refractivity contribution in [3.63, 3.8) is 0 Å². The van der Waals surface area contributed by atoms with Crippen LogP contribution in [0.5, 0.6) is 23.0 Å². The van der Waals surface area contributed by atoms with Gasteiger partial charge in [-0.15, -0.1) is 0 Å². The molecule has 0 saturated heterocycles. The molecule has 1 amide bonds. The van der Waals surface area contributed by atoms with E-state index in [-0.39, 0.29) is 11.7 Å². The van der Waals surface area contributed by atoms with Gasteiger partial charge >= 0.3 is 6.09 Å². The van der Waals surface area contributed by atoms with E-state index in [2.05, 4.69) is 24.3 Å². The average Bonchev–Trinajstić information content (AvgIpc) is 3.24. The summed E-state index contributed by atoms with van der Waals surface area (Å²) in [7, 11) is 3.07. The quantitative estimate of drug-likeness (QED) is 0.320. The Balaban J connectivity index is 1.54. The second-order valence-electron chi connectivity index (χ2n) is 8.67. The number of methoxy groups -OCH3 is 2. The number of amides is 1. The van der Waals surface area contributed by atoms with Gasteiger partial charge in [-0.2, -0.15) is 0 Å². The molecule has 0 aromatic heterocycles. The number of hydrogen-bond donors (Lipinski definition) is 2. The van der Waals surface area contributed by atoms with Crippen molar-refractivity contribution < 1.29 is 28.8 Å². The molecule has 5 rings (SSSR count). The van der Waals surface area contributed by atoms with Gasteiger partial charge < -0.3 is 29.8 Å². The SMILES string of the molecule is COc1ccc(C(OC(N)=O)c2ccc(O)cc2)c(OC)c1OCC1c2ccccc2-c2ccccc21. The lowest BCUT2D eigenvalue weighted by Gasteiger charge is -2.24. The Morgan fingerprint density at radius 2 is 1.46 bits per heavy atom. The molecule has 0 bridgehead atoms. The number of phenols is 1. The predicted molar refractivity (Wildman–Crippen MR) is 139 cm³/mol. The number of carbonyl (C=O) groups excluding carboxylic acids is 1. The molecular weight excluding hydrogens is 470 g/mol. The molecule has 0 heterocycles. The first-order valence-electron chi connectivity index (χ1n) is 11.8. The van der Waals surface area contributed by atoms with Crippen LogP contribution in [0.15, 0.2) is 84.9 Å². The molecule has 1 aliphatic rings. The van der Waals surface area contributed by atoms with Crippen LogP contribution in [-0.4, -0.2) is 32.0 Å². The van der Waals surface area contributed by atoms with Crippen LogP contribution in [0.3, 0.4) is 0 Å². The molecule has 4 aromatic carbocycles. The molecule has 0 spiro atoms. The lowest BCUT2D eigenvalue weighted by atomic mass is 9.97. The number of hydrogen-bond acceptors (Lipinski definition) is 6. The van der Waals surface area contributed by atoms with Crippen molar-refractivity contribution in [2.75, 3.05) is 20.8 Å². The van der Waals surface area contributed by atoms with E-state index in [1.54, 1.807) is 31.4 Å². The highest BCUT2D eigenvalue weighted by Crippen LogP contribution is 2.48. The molecule has 7 heteroatoms. The molecule has 188 valence electrons. The zero-order chi connectivity index (χ0) is 25.9. The fourth-order valence-corrected chi connectivity index (χ4v) is 4.96. The molecule has 1 atom stereocenters. The van der Waals surface area contributed by atoms with E-state index in [1.807, 2.05) is 24.3 Å². The monoisotopic (exact) mass is 497 g/mol. The predicted octanol–water partition coefficient (Wildman–Crippen LogP) is 5.79. The summed E-state index contributed by atoms with van der Waals surface area (Å²) in [6.07, 6.45) is -1.84. The maximum absolute atomic E-state index is 11.8. The summed E-state index contributed by atoms with van der Waals surface area (Å²) in [5, 5.41) is 9.72. The van der Waals surface area contributed by atoms with Crippen LogP contribution >= 0.6 is 0 Å². The minimum atomic E-state index is -0.947. The minimum Gasteiger partial charge on any atom is -0.508 e. The number of aromatic hydroxyl groups is 1. The highest BCUT2D eigenvalue weighted by atomic mass is 16.6. The summed E-state index contributed by atoms with van der Waals surface area (Å²) in [6.45, 7) is 0.338. The Labute approximate surface area is 215 Å². The van der Waals surface area contributed by atoms with Crippen LogP contribution in [0.4, 0.5) is 4.79 Å². The van der Waals surface area contributed by atoms with E-state index in [0.717, 1.165) is 0 Å². The third-order valence-corrected chi connectivity index (χ3v) is 6.60. The molecule has 3 N–H and O–H groups in total. The summed E-state index contributed by atoms with van der Waals surface area (Å²) >= 11 is 0. The second-order valence-corrected chi connectivity index (χ2v) is 8.67. The number of phenolic OH excluding ortho intramolecular Hbond substituents is 1. The third-order valence-electron chi connectivity index (χ3n) is 6.60. The Bertz CT molecular complexity index is 1390.